The zero-order valence-electron chi connectivity index (χ0n) is 14.3. The number of rotatable bonds is 6. The number of benzene rings is 2. The van der Waals surface area contributed by atoms with Crippen molar-refractivity contribution in [1.82, 2.24) is 5.32 Å². The van der Waals surface area contributed by atoms with Crippen LogP contribution in [0.3, 0.4) is 0 Å². The van der Waals surface area contributed by atoms with Gasteiger partial charge in [0.05, 0.1) is 13.2 Å². The van der Waals surface area contributed by atoms with Gasteiger partial charge in [-0.15, -0.1) is 12.4 Å². The first-order chi connectivity index (χ1) is 11.7. The molecule has 2 aromatic carbocycles. The number of aliphatic hydroxyl groups is 1. The van der Waals surface area contributed by atoms with Gasteiger partial charge in [-0.2, -0.15) is 0 Å². The summed E-state index contributed by atoms with van der Waals surface area (Å²) in [6.07, 6.45) is 2.90. The van der Waals surface area contributed by atoms with E-state index in [-0.39, 0.29) is 12.4 Å². The van der Waals surface area contributed by atoms with Crippen molar-refractivity contribution in [2.24, 2.45) is 0 Å². The molecule has 0 amide bonds. The van der Waals surface area contributed by atoms with E-state index in [1.165, 1.54) is 12.0 Å². The Kier molecular flexibility index (Phi) is 7.57. The lowest BCUT2D eigenvalue weighted by Crippen LogP contribution is -2.30. The molecule has 2 aromatic rings. The summed E-state index contributed by atoms with van der Waals surface area (Å²) in [4.78, 5) is 0. The topological polar surface area (TPSA) is 41.5 Å². The van der Waals surface area contributed by atoms with Crippen LogP contribution in [0.5, 0.6) is 5.75 Å². The van der Waals surface area contributed by atoms with Gasteiger partial charge in [-0.25, -0.2) is 0 Å². The van der Waals surface area contributed by atoms with E-state index in [2.05, 4.69) is 17.4 Å². The van der Waals surface area contributed by atoms with Crippen molar-refractivity contribution in [2.45, 2.75) is 37.3 Å². The normalized spacial score (nSPS) is 20.8. The number of hydrogen-bond acceptors (Lipinski definition) is 3. The molecule has 5 heteroatoms. The Labute approximate surface area is 160 Å². The molecule has 1 saturated carbocycles. The van der Waals surface area contributed by atoms with E-state index in [1.807, 2.05) is 36.4 Å². The fourth-order valence-electron chi connectivity index (χ4n) is 3.46. The molecule has 1 fully saturated rings. The van der Waals surface area contributed by atoms with E-state index in [0.717, 1.165) is 24.2 Å². The molecule has 136 valence electrons. The van der Waals surface area contributed by atoms with Crippen LogP contribution in [0.2, 0.25) is 5.02 Å². The van der Waals surface area contributed by atoms with Crippen LogP contribution in [0.15, 0.2) is 48.5 Å². The molecule has 1 aliphatic rings. The number of methoxy groups -OCH3 is 1. The molecule has 3 nitrogen and oxygen atoms in total. The molecule has 0 radical (unpaired) electrons. The standard InChI is InChI=1S/C20H24ClNO2.ClH/c1-24-19-9-6-14(7-10-19)15-5-8-18(12-15)22-13-20(23)16-3-2-4-17(21)11-16;/h2-4,6-7,9-11,15,18,20,22-23H,5,8,12-13H2,1H3;1H/t15?,18?,20-;/m0./s1. The van der Waals surface area contributed by atoms with Crippen LogP contribution in [0, 0.1) is 0 Å². The SMILES string of the molecule is COc1ccc(C2CCC(NC[C@H](O)c3cccc(Cl)c3)C2)cc1.Cl. The average molecular weight is 382 g/mol. The summed E-state index contributed by atoms with van der Waals surface area (Å²) in [5.41, 5.74) is 2.23. The van der Waals surface area contributed by atoms with Crippen molar-refractivity contribution in [3.05, 3.63) is 64.7 Å². The van der Waals surface area contributed by atoms with Crippen LogP contribution in [-0.2, 0) is 0 Å². The molecule has 0 aliphatic heterocycles. The van der Waals surface area contributed by atoms with Crippen molar-refractivity contribution >= 4 is 24.0 Å². The molecular formula is C20H25Cl2NO2. The third kappa shape index (κ3) is 5.35. The zero-order chi connectivity index (χ0) is 16.9. The second-order valence-corrected chi connectivity index (χ2v) is 6.90. The van der Waals surface area contributed by atoms with Crippen LogP contribution < -0.4 is 10.1 Å². The van der Waals surface area contributed by atoms with Gasteiger partial charge in [0, 0.05) is 17.6 Å². The van der Waals surface area contributed by atoms with Gasteiger partial charge in [0.1, 0.15) is 5.75 Å². The predicted molar refractivity (Wildman–Crippen MR) is 105 cm³/mol. The van der Waals surface area contributed by atoms with E-state index in [0.29, 0.717) is 23.5 Å². The maximum Gasteiger partial charge on any atom is 0.118 e. The highest BCUT2D eigenvalue weighted by Gasteiger charge is 2.26. The Morgan fingerprint density at radius 1 is 1.20 bits per heavy atom. The molecule has 0 aromatic heterocycles. The van der Waals surface area contributed by atoms with Crippen molar-refractivity contribution < 1.29 is 9.84 Å². The van der Waals surface area contributed by atoms with Gasteiger partial charge >= 0.3 is 0 Å². The summed E-state index contributed by atoms with van der Waals surface area (Å²) in [6, 6.07) is 16.2. The molecule has 25 heavy (non-hydrogen) atoms. The molecule has 0 bridgehead atoms. The van der Waals surface area contributed by atoms with Crippen LogP contribution in [0.4, 0.5) is 0 Å². The van der Waals surface area contributed by atoms with E-state index >= 15 is 0 Å². The molecule has 1 aliphatic carbocycles. The van der Waals surface area contributed by atoms with Gasteiger partial charge in [0.25, 0.3) is 0 Å². The summed E-state index contributed by atoms with van der Waals surface area (Å²) in [5.74, 6) is 1.48. The largest absolute Gasteiger partial charge is 0.497 e. The number of hydrogen-bond donors (Lipinski definition) is 2. The monoisotopic (exact) mass is 381 g/mol. The lowest BCUT2D eigenvalue weighted by molar-refractivity contribution is 0.170. The summed E-state index contributed by atoms with van der Waals surface area (Å²) >= 11 is 5.98. The van der Waals surface area contributed by atoms with Crippen molar-refractivity contribution in [1.29, 1.82) is 0 Å². The number of nitrogens with one attached hydrogen (secondary N) is 1. The molecule has 0 heterocycles. The van der Waals surface area contributed by atoms with Crippen molar-refractivity contribution in [3.8, 4) is 5.75 Å². The first-order valence-corrected chi connectivity index (χ1v) is 8.84. The first-order valence-electron chi connectivity index (χ1n) is 8.46. The highest BCUT2D eigenvalue weighted by molar-refractivity contribution is 6.30. The average Bonchev–Trinajstić information content (AvgIpc) is 3.09. The lowest BCUT2D eigenvalue weighted by Gasteiger charge is -2.17. The van der Waals surface area contributed by atoms with Gasteiger partial charge in [-0.3, -0.25) is 0 Å². The van der Waals surface area contributed by atoms with E-state index in [9.17, 15) is 5.11 Å². The Bertz CT molecular complexity index is 663. The predicted octanol–water partition coefficient (Wildman–Crippen LogP) is 4.73. The molecule has 0 spiro atoms. The number of aliphatic hydroxyl groups excluding tert-OH is 1. The summed E-state index contributed by atoms with van der Waals surface area (Å²) in [6.45, 7) is 0.556. The van der Waals surface area contributed by atoms with E-state index in [1.54, 1.807) is 7.11 Å². The number of halogens is 2. The smallest absolute Gasteiger partial charge is 0.118 e. The van der Waals surface area contributed by atoms with Gasteiger partial charge in [0.2, 0.25) is 0 Å². The third-order valence-corrected chi connectivity index (χ3v) is 5.09. The highest BCUT2D eigenvalue weighted by Crippen LogP contribution is 2.35. The lowest BCUT2D eigenvalue weighted by atomic mass is 9.97. The van der Waals surface area contributed by atoms with Crippen LogP contribution in [0.1, 0.15) is 42.4 Å². The van der Waals surface area contributed by atoms with Gasteiger partial charge in [-0.1, -0.05) is 35.9 Å². The van der Waals surface area contributed by atoms with Gasteiger partial charge in [0.15, 0.2) is 0 Å². The minimum Gasteiger partial charge on any atom is -0.497 e. The summed E-state index contributed by atoms with van der Waals surface area (Å²) in [7, 11) is 1.69. The molecule has 2 unspecified atom stereocenters. The van der Waals surface area contributed by atoms with Gasteiger partial charge < -0.3 is 15.2 Å². The minimum atomic E-state index is -0.524. The Morgan fingerprint density at radius 3 is 2.64 bits per heavy atom. The second kappa shape index (κ2) is 9.44. The Hall–Kier alpha value is -1.26. The van der Waals surface area contributed by atoms with E-state index in [4.69, 9.17) is 16.3 Å². The molecule has 0 saturated heterocycles. The van der Waals surface area contributed by atoms with Crippen LogP contribution in [0.25, 0.3) is 0 Å². The van der Waals surface area contributed by atoms with Crippen LogP contribution in [-0.4, -0.2) is 24.8 Å². The van der Waals surface area contributed by atoms with Crippen LogP contribution >= 0.6 is 24.0 Å². The summed E-state index contributed by atoms with van der Waals surface area (Å²) in [5, 5.41) is 14.5. The summed E-state index contributed by atoms with van der Waals surface area (Å²) < 4.78 is 5.22. The molecule has 3 rings (SSSR count). The van der Waals surface area contributed by atoms with E-state index < -0.39 is 6.10 Å². The maximum atomic E-state index is 10.3. The first kappa shape index (κ1) is 20.1. The van der Waals surface area contributed by atoms with Gasteiger partial charge in [-0.05, 0) is 60.6 Å². The highest BCUT2D eigenvalue weighted by atomic mass is 35.5. The maximum absolute atomic E-state index is 10.3. The second-order valence-electron chi connectivity index (χ2n) is 6.46. The number of ether oxygens (including phenoxy) is 1. The minimum absolute atomic E-state index is 0. The molecular weight excluding hydrogens is 357 g/mol. The quantitative estimate of drug-likeness (QED) is 0.759. The Balaban J connectivity index is 0.00000225. The molecule has 2 N–H and O–H groups in total. The third-order valence-electron chi connectivity index (χ3n) is 4.85. The fraction of sp³-hybridized carbons (Fsp3) is 0.400. The Morgan fingerprint density at radius 2 is 1.96 bits per heavy atom. The van der Waals surface area contributed by atoms with Crippen molar-refractivity contribution in [3.63, 3.8) is 0 Å². The van der Waals surface area contributed by atoms with Crippen molar-refractivity contribution in [2.75, 3.05) is 13.7 Å². The zero-order valence-corrected chi connectivity index (χ0v) is 15.9. The molecule has 3 atom stereocenters. The fourth-order valence-corrected chi connectivity index (χ4v) is 3.65.